The number of aryl methyl sites for hydroxylation is 1. The summed E-state index contributed by atoms with van der Waals surface area (Å²) in [6.45, 7) is 6.97. The molecule has 1 saturated carbocycles. The molecule has 3 rings (SSSR count). The van der Waals surface area contributed by atoms with Crippen molar-refractivity contribution in [3.05, 3.63) is 58.8 Å². The highest BCUT2D eigenvalue weighted by Gasteiger charge is 2.24. The number of benzene rings is 1. The Morgan fingerprint density at radius 3 is 2.54 bits per heavy atom. The van der Waals surface area contributed by atoms with E-state index >= 15 is 0 Å². The second kappa shape index (κ2) is 8.31. The fourth-order valence-electron chi connectivity index (χ4n) is 3.65. The molecule has 0 amide bonds. The van der Waals surface area contributed by atoms with Crippen molar-refractivity contribution in [2.75, 3.05) is 12.4 Å². The minimum atomic E-state index is -0.711. The number of nitrogens with zero attached hydrogens (tertiary/aromatic N) is 2. The van der Waals surface area contributed by atoms with E-state index in [1.165, 1.54) is 19.9 Å². The molecule has 1 aromatic heterocycles. The van der Waals surface area contributed by atoms with Crippen LogP contribution >= 0.6 is 0 Å². The molecule has 1 aliphatic carbocycles. The predicted octanol–water partition coefficient (Wildman–Crippen LogP) is 4.51. The summed E-state index contributed by atoms with van der Waals surface area (Å²) in [5.74, 6) is -1.66. The quantitative estimate of drug-likeness (QED) is 0.788. The van der Waals surface area contributed by atoms with Gasteiger partial charge in [-0.15, -0.1) is 0 Å². The fraction of sp³-hybridized carbons (Fsp3) is 0.429. The summed E-state index contributed by atoms with van der Waals surface area (Å²) in [6, 6.07) is 2.47. The Morgan fingerprint density at radius 1 is 1.11 bits per heavy atom. The van der Waals surface area contributed by atoms with E-state index in [0.29, 0.717) is 6.04 Å². The molecule has 0 saturated heterocycles. The highest BCUT2D eigenvalue weighted by atomic mass is 19.1. The van der Waals surface area contributed by atoms with Crippen LogP contribution in [-0.4, -0.2) is 29.1 Å². The first-order chi connectivity index (χ1) is 13.3. The van der Waals surface area contributed by atoms with Crippen LogP contribution in [0.2, 0.25) is 0 Å². The van der Waals surface area contributed by atoms with E-state index in [1.807, 2.05) is 7.05 Å². The second-order valence-electron chi connectivity index (χ2n) is 7.33. The summed E-state index contributed by atoms with van der Waals surface area (Å²) in [5.41, 5.74) is 0.918. The average Bonchev–Trinajstić information content (AvgIpc) is 2.67. The summed E-state index contributed by atoms with van der Waals surface area (Å²) < 4.78 is 42.2. The van der Waals surface area contributed by atoms with Crippen LogP contribution in [0.4, 0.5) is 19.0 Å². The van der Waals surface area contributed by atoms with Crippen molar-refractivity contribution < 1.29 is 13.2 Å². The van der Waals surface area contributed by atoms with E-state index < -0.39 is 17.5 Å². The SMILES string of the molecule is C=C(c1nc(C)c(F)c(NC2CCCC(NC)C2)n1)c1cc(F)cc(F)c1C. The van der Waals surface area contributed by atoms with Gasteiger partial charge in [0.25, 0.3) is 0 Å². The van der Waals surface area contributed by atoms with Crippen LogP contribution in [0.15, 0.2) is 18.7 Å². The van der Waals surface area contributed by atoms with Gasteiger partial charge in [-0.05, 0) is 63.8 Å². The third-order valence-corrected chi connectivity index (χ3v) is 5.34. The second-order valence-corrected chi connectivity index (χ2v) is 7.33. The predicted molar refractivity (Wildman–Crippen MR) is 105 cm³/mol. The van der Waals surface area contributed by atoms with Gasteiger partial charge in [0, 0.05) is 23.7 Å². The Hall–Kier alpha value is -2.41. The number of hydrogen-bond donors (Lipinski definition) is 2. The van der Waals surface area contributed by atoms with E-state index in [9.17, 15) is 13.2 Å². The molecule has 7 heteroatoms. The van der Waals surface area contributed by atoms with Gasteiger partial charge in [0.1, 0.15) is 11.6 Å². The first-order valence-electron chi connectivity index (χ1n) is 9.43. The van der Waals surface area contributed by atoms with Gasteiger partial charge in [0.15, 0.2) is 17.5 Å². The van der Waals surface area contributed by atoms with Gasteiger partial charge in [-0.3, -0.25) is 0 Å². The first kappa shape index (κ1) is 20.3. The van der Waals surface area contributed by atoms with Crippen molar-refractivity contribution in [2.45, 2.75) is 51.6 Å². The molecule has 4 nitrogen and oxygen atoms in total. The van der Waals surface area contributed by atoms with E-state index in [0.717, 1.165) is 31.7 Å². The Balaban J connectivity index is 1.92. The molecule has 2 N–H and O–H groups in total. The summed E-state index contributed by atoms with van der Waals surface area (Å²) in [7, 11) is 1.92. The maximum Gasteiger partial charge on any atom is 0.186 e. The molecular weight excluding hydrogens is 365 g/mol. The summed E-state index contributed by atoms with van der Waals surface area (Å²) in [6.07, 6.45) is 3.91. The lowest BCUT2D eigenvalue weighted by Crippen LogP contribution is -2.37. The van der Waals surface area contributed by atoms with Crippen LogP contribution in [0, 0.1) is 31.3 Å². The van der Waals surface area contributed by atoms with Crippen LogP contribution in [-0.2, 0) is 0 Å². The van der Waals surface area contributed by atoms with Crippen molar-refractivity contribution in [3.8, 4) is 0 Å². The lowest BCUT2D eigenvalue weighted by molar-refractivity contribution is 0.368. The van der Waals surface area contributed by atoms with Gasteiger partial charge in [0.05, 0.1) is 5.69 Å². The van der Waals surface area contributed by atoms with E-state index in [4.69, 9.17) is 0 Å². The monoisotopic (exact) mass is 390 g/mol. The van der Waals surface area contributed by atoms with Crippen LogP contribution in [0.5, 0.6) is 0 Å². The molecular formula is C21H25F3N4. The van der Waals surface area contributed by atoms with E-state index in [1.54, 1.807) is 0 Å². The minimum Gasteiger partial charge on any atom is -0.365 e. The van der Waals surface area contributed by atoms with Crippen molar-refractivity contribution in [2.24, 2.45) is 0 Å². The van der Waals surface area contributed by atoms with Crippen molar-refractivity contribution in [1.82, 2.24) is 15.3 Å². The molecule has 2 unspecified atom stereocenters. The number of anilines is 1. The van der Waals surface area contributed by atoms with Crippen molar-refractivity contribution in [3.63, 3.8) is 0 Å². The zero-order valence-corrected chi connectivity index (χ0v) is 16.4. The average molecular weight is 390 g/mol. The number of nitrogens with one attached hydrogen (secondary N) is 2. The molecule has 1 heterocycles. The maximum atomic E-state index is 14.6. The van der Waals surface area contributed by atoms with Crippen molar-refractivity contribution >= 4 is 11.4 Å². The molecule has 2 aromatic rings. The zero-order valence-electron chi connectivity index (χ0n) is 16.4. The molecule has 150 valence electrons. The molecule has 0 aliphatic heterocycles. The molecule has 0 bridgehead atoms. The van der Waals surface area contributed by atoms with Gasteiger partial charge in [-0.1, -0.05) is 6.58 Å². The van der Waals surface area contributed by atoms with Gasteiger partial charge in [-0.25, -0.2) is 23.1 Å². The Bertz CT molecular complexity index is 898. The zero-order chi connectivity index (χ0) is 20.4. The highest BCUT2D eigenvalue weighted by Crippen LogP contribution is 2.28. The van der Waals surface area contributed by atoms with E-state index in [2.05, 4.69) is 27.2 Å². The number of aromatic nitrogens is 2. The molecule has 1 fully saturated rings. The number of hydrogen-bond acceptors (Lipinski definition) is 4. The topological polar surface area (TPSA) is 49.8 Å². The van der Waals surface area contributed by atoms with E-state index in [-0.39, 0.29) is 40.1 Å². The number of rotatable bonds is 5. The summed E-state index contributed by atoms with van der Waals surface area (Å²) >= 11 is 0. The third-order valence-electron chi connectivity index (χ3n) is 5.34. The Kier molecular flexibility index (Phi) is 6.03. The van der Waals surface area contributed by atoms with Crippen LogP contribution in [0.1, 0.15) is 48.3 Å². The summed E-state index contributed by atoms with van der Waals surface area (Å²) in [5, 5.41) is 6.44. The maximum absolute atomic E-state index is 14.6. The molecule has 0 radical (unpaired) electrons. The van der Waals surface area contributed by atoms with Gasteiger partial charge < -0.3 is 10.6 Å². The Labute approximate surface area is 163 Å². The van der Waals surface area contributed by atoms with Gasteiger partial charge >= 0.3 is 0 Å². The van der Waals surface area contributed by atoms with Crippen LogP contribution in [0.25, 0.3) is 5.57 Å². The first-order valence-corrected chi connectivity index (χ1v) is 9.43. The van der Waals surface area contributed by atoms with Crippen LogP contribution < -0.4 is 10.6 Å². The third kappa shape index (κ3) is 4.19. The summed E-state index contributed by atoms with van der Waals surface area (Å²) in [4.78, 5) is 8.44. The fourth-order valence-corrected chi connectivity index (χ4v) is 3.65. The molecule has 2 atom stereocenters. The molecule has 0 spiro atoms. The molecule has 28 heavy (non-hydrogen) atoms. The largest absolute Gasteiger partial charge is 0.365 e. The number of halogens is 3. The molecule has 1 aliphatic rings. The standard InChI is InChI=1S/C21H25F3N4/c1-11-17(8-14(22)9-18(11)23)12(2)20-26-13(3)19(24)21(28-20)27-16-7-5-6-15(10-16)25-4/h8-9,15-16,25H,2,5-7,10H2,1,3-4H3,(H,26,27,28). The Morgan fingerprint density at radius 2 is 1.82 bits per heavy atom. The van der Waals surface area contributed by atoms with Crippen LogP contribution in [0.3, 0.4) is 0 Å². The van der Waals surface area contributed by atoms with Crippen molar-refractivity contribution in [1.29, 1.82) is 0 Å². The lowest BCUT2D eigenvalue weighted by atomic mass is 9.91. The smallest absolute Gasteiger partial charge is 0.186 e. The van der Waals surface area contributed by atoms with Gasteiger partial charge in [0.2, 0.25) is 0 Å². The highest BCUT2D eigenvalue weighted by molar-refractivity contribution is 5.77. The lowest BCUT2D eigenvalue weighted by Gasteiger charge is -2.30. The normalized spacial score (nSPS) is 19.5. The minimum absolute atomic E-state index is 0.0875. The van der Waals surface area contributed by atoms with Gasteiger partial charge in [-0.2, -0.15) is 0 Å². The molecule has 1 aromatic carbocycles.